The molecule has 1 saturated heterocycles. The van der Waals surface area contributed by atoms with Crippen LogP contribution in [0.5, 0.6) is 0 Å². The fourth-order valence-electron chi connectivity index (χ4n) is 1.70. The van der Waals surface area contributed by atoms with Crippen LogP contribution in [0, 0.1) is 0 Å². The van der Waals surface area contributed by atoms with Gasteiger partial charge in [0.2, 0.25) is 0 Å². The van der Waals surface area contributed by atoms with E-state index in [1.165, 1.54) is 0 Å². The highest BCUT2D eigenvalue weighted by Crippen LogP contribution is 2.15. The highest BCUT2D eigenvalue weighted by atomic mass is 16.1. The van der Waals surface area contributed by atoms with Crippen LogP contribution in [0.25, 0.3) is 0 Å². The average Bonchev–Trinajstić information content (AvgIpc) is 2.19. The Morgan fingerprint density at radius 1 is 1.50 bits per heavy atom. The summed E-state index contributed by atoms with van der Waals surface area (Å²) in [7, 11) is 0. The molecule has 1 aliphatic heterocycles. The molecular weight excluding hydrogens is 180 g/mol. The molecule has 1 fully saturated rings. The minimum absolute atomic E-state index is 0.155. The van der Waals surface area contributed by atoms with E-state index in [1.54, 1.807) is 12.3 Å². The number of piperidine rings is 1. The molecule has 0 bridgehead atoms. The van der Waals surface area contributed by atoms with Gasteiger partial charge in [-0.1, -0.05) is 0 Å². The van der Waals surface area contributed by atoms with Gasteiger partial charge < -0.3 is 10.6 Å². The SMILES string of the molecule is NC1CCN(c2cn[nH]c(=O)c2)CC1. The van der Waals surface area contributed by atoms with Crippen molar-refractivity contribution in [1.29, 1.82) is 0 Å². The zero-order valence-corrected chi connectivity index (χ0v) is 7.94. The Balaban J connectivity index is 2.12. The fraction of sp³-hybridized carbons (Fsp3) is 0.556. The van der Waals surface area contributed by atoms with E-state index in [2.05, 4.69) is 15.1 Å². The second-order valence-corrected chi connectivity index (χ2v) is 3.63. The molecule has 0 amide bonds. The summed E-state index contributed by atoms with van der Waals surface area (Å²) in [4.78, 5) is 13.2. The normalized spacial score (nSPS) is 18.5. The van der Waals surface area contributed by atoms with Crippen molar-refractivity contribution in [2.75, 3.05) is 18.0 Å². The van der Waals surface area contributed by atoms with Gasteiger partial charge in [0, 0.05) is 25.2 Å². The van der Waals surface area contributed by atoms with Crippen molar-refractivity contribution in [2.45, 2.75) is 18.9 Å². The predicted octanol–water partition coefficient (Wildman–Crippen LogP) is -0.303. The van der Waals surface area contributed by atoms with Crippen LogP contribution in [0.2, 0.25) is 0 Å². The van der Waals surface area contributed by atoms with Crippen molar-refractivity contribution in [3.63, 3.8) is 0 Å². The van der Waals surface area contributed by atoms with Crippen LogP contribution >= 0.6 is 0 Å². The third-order valence-electron chi connectivity index (χ3n) is 2.56. The Bertz CT molecular complexity index is 354. The Labute approximate surface area is 81.9 Å². The highest BCUT2D eigenvalue weighted by molar-refractivity contribution is 5.43. The Hall–Kier alpha value is -1.36. The maximum Gasteiger partial charge on any atom is 0.266 e. The third kappa shape index (κ3) is 1.93. The van der Waals surface area contributed by atoms with Gasteiger partial charge in [0.15, 0.2) is 0 Å². The lowest BCUT2D eigenvalue weighted by Crippen LogP contribution is -2.40. The molecule has 1 aliphatic rings. The highest BCUT2D eigenvalue weighted by Gasteiger charge is 2.16. The van der Waals surface area contributed by atoms with Gasteiger partial charge in [-0.3, -0.25) is 4.79 Å². The molecule has 0 spiro atoms. The number of hydrogen-bond acceptors (Lipinski definition) is 4. The average molecular weight is 194 g/mol. The second kappa shape index (κ2) is 3.79. The number of H-pyrrole nitrogens is 1. The van der Waals surface area contributed by atoms with Crippen LogP contribution in [0.1, 0.15) is 12.8 Å². The predicted molar refractivity (Wildman–Crippen MR) is 54.3 cm³/mol. The number of rotatable bonds is 1. The lowest BCUT2D eigenvalue weighted by molar-refractivity contribution is 0.500. The molecular formula is C9H14N4O. The molecule has 0 atom stereocenters. The summed E-state index contributed by atoms with van der Waals surface area (Å²) < 4.78 is 0. The topological polar surface area (TPSA) is 75.0 Å². The summed E-state index contributed by atoms with van der Waals surface area (Å²) in [5.41, 5.74) is 6.53. The monoisotopic (exact) mass is 194 g/mol. The molecule has 0 aromatic carbocycles. The maximum absolute atomic E-state index is 11.0. The molecule has 5 heteroatoms. The largest absolute Gasteiger partial charge is 0.370 e. The van der Waals surface area contributed by atoms with Gasteiger partial charge in [0.1, 0.15) is 0 Å². The minimum Gasteiger partial charge on any atom is -0.370 e. The van der Waals surface area contributed by atoms with Crippen molar-refractivity contribution < 1.29 is 0 Å². The summed E-state index contributed by atoms with van der Waals surface area (Å²) in [5.74, 6) is 0. The van der Waals surface area contributed by atoms with Crippen LogP contribution in [0.4, 0.5) is 5.69 Å². The minimum atomic E-state index is -0.155. The van der Waals surface area contributed by atoms with Crippen LogP contribution < -0.4 is 16.2 Å². The van der Waals surface area contributed by atoms with Crippen LogP contribution in [-0.2, 0) is 0 Å². The van der Waals surface area contributed by atoms with Crippen LogP contribution in [0.15, 0.2) is 17.1 Å². The molecule has 0 aliphatic carbocycles. The first-order chi connectivity index (χ1) is 6.75. The van der Waals surface area contributed by atoms with Gasteiger partial charge in [0.25, 0.3) is 5.56 Å². The van der Waals surface area contributed by atoms with E-state index >= 15 is 0 Å². The van der Waals surface area contributed by atoms with E-state index < -0.39 is 0 Å². The van der Waals surface area contributed by atoms with Gasteiger partial charge >= 0.3 is 0 Å². The molecule has 1 aromatic rings. The summed E-state index contributed by atoms with van der Waals surface area (Å²) in [5, 5.41) is 6.13. The van der Waals surface area contributed by atoms with Crippen molar-refractivity contribution >= 4 is 5.69 Å². The lowest BCUT2D eigenvalue weighted by atomic mass is 10.1. The van der Waals surface area contributed by atoms with Gasteiger partial charge in [-0.2, -0.15) is 5.10 Å². The number of anilines is 1. The van der Waals surface area contributed by atoms with Crippen molar-refractivity contribution in [1.82, 2.24) is 10.2 Å². The number of aromatic amines is 1. The van der Waals surface area contributed by atoms with Gasteiger partial charge in [0.05, 0.1) is 11.9 Å². The number of nitrogens with one attached hydrogen (secondary N) is 1. The van der Waals surface area contributed by atoms with E-state index in [9.17, 15) is 4.79 Å². The molecule has 0 unspecified atom stereocenters. The first-order valence-corrected chi connectivity index (χ1v) is 4.81. The van der Waals surface area contributed by atoms with Crippen LogP contribution in [-0.4, -0.2) is 29.3 Å². The number of aromatic nitrogens is 2. The lowest BCUT2D eigenvalue weighted by Gasteiger charge is -2.31. The number of nitrogens with two attached hydrogens (primary N) is 1. The van der Waals surface area contributed by atoms with E-state index in [-0.39, 0.29) is 5.56 Å². The van der Waals surface area contributed by atoms with Crippen LogP contribution in [0.3, 0.4) is 0 Å². The summed E-state index contributed by atoms with van der Waals surface area (Å²) in [6.45, 7) is 1.82. The summed E-state index contributed by atoms with van der Waals surface area (Å²) in [6, 6.07) is 1.88. The Morgan fingerprint density at radius 3 is 2.86 bits per heavy atom. The molecule has 3 N–H and O–H groups in total. The van der Waals surface area contributed by atoms with Gasteiger partial charge in [-0.15, -0.1) is 0 Å². The summed E-state index contributed by atoms with van der Waals surface area (Å²) in [6.07, 6.45) is 3.64. The molecule has 0 saturated carbocycles. The van der Waals surface area contributed by atoms with E-state index in [4.69, 9.17) is 5.73 Å². The Morgan fingerprint density at radius 2 is 2.21 bits per heavy atom. The fourth-order valence-corrected chi connectivity index (χ4v) is 1.70. The van der Waals surface area contributed by atoms with Gasteiger partial charge in [-0.05, 0) is 12.8 Å². The first-order valence-electron chi connectivity index (χ1n) is 4.81. The number of hydrogen-bond donors (Lipinski definition) is 2. The standard InChI is InChI=1S/C9H14N4O/c10-7-1-3-13(4-2-7)8-5-9(14)12-11-6-8/h5-7H,1-4,10H2,(H,12,14). The van der Waals surface area contributed by atoms with Crippen molar-refractivity contribution in [2.24, 2.45) is 5.73 Å². The zero-order valence-electron chi connectivity index (χ0n) is 7.94. The van der Waals surface area contributed by atoms with Gasteiger partial charge in [-0.25, -0.2) is 5.10 Å². The first kappa shape index (κ1) is 9.21. The molecule has 5 nitrogen and oxygen atoms in total. The Kier molecular flexibility index (Phi) is 2.49. The molecule has 2 rings (SSSR count). The van der Waals surface area contributed by atoms with E-state index in [0.717, 1.165) is 31.6 Å². The summed E-state index contributed by atoms with van der Waals surface area (Å²) >= 11 is 0. The smallest absolute Gasteiger partial charge is 0.266 e. The maximum atomic E-state index is 11.0. The zero-order chi connectivity index (χ0) is 9.97. The second-order valence-electron chi connectivity index (χ2n) is 3.63. The van der Waals surface area contributed by atoms with E-state index in [1.807, 2.05) is 0 Å². The van der Waals surface area contributed by atoms with Crippen molar-refractivity contribution in [3.05, 3.63) is 22.6 Å². The molecule has 14 heavy (non-hydrogen) atoms. The molecule has 0 radical (unpaired) electrons. The molecule has 1 aromatic heterocycles. The van der Waals surface area contributed by atoms with E-state index in [0.29, 0.717) is 6.04 Å². The molecule has 76 valence electrons. The number of nitrogens with zero attached hydrogens (tertiary/aromatic N) is 2. The van der Waals surface area contributed by atoms with Crippen molar-refractivity contribution in [3.8, 4) is 0 Å². The molecule has 2 heterocycles. The quantitative estimate of drug-likeness (QED) is 0.643. The third-order valence-corrected chi connectivity index (χ3v) is 2.56.